The Hall–Kier alpha value is -0.900. The number of carbonyl (C=O) groups is 2. The summed E-state index contributed by atoms with van der Waals surface area (Å²) in [6.07, 6.45) is 2.04. The second-order valence-electron chi connectivity index (χ2n) is 2.87. The average molecular weight is 188 g/mol. The van der Waals surface area contributed by atoms with E-state index >= 15 is 0 Å². The number of esters is 1. The summed E-state index contributed by atoms with van der Waals surface area (Å²) in [5, 5.41) is 0. The largest absolute Gasteiger partial charge is 0.465 e. The van der Waals surface area contributed by atoms with Crippen molar-refractivity contribution in [3.8, 4) is 0 Å². The van der Waals surface area contributed by atoms with Gasteiger partial charge in [0.1, 0.15) is 6.29 Å². The van der Waals surface area contributed by atoms with E-state index in [1.165, 1.54) is 6.92 Å². The van der Waals surface area contributed by atoms with E-state index in [1.54, 1.807) is 7.11 Å². The Balaban J connectivity index is 3.65. The van der Waals surface area contributed by atoms with Gasteiger partial charge in [-0.1, -0.05) is 0 Å². The third kappa shape index (κ3) is 7.46. The molecule has 0 amide bonds. The van der Waals surface area contributed by atoms with Crippen LogP contribution in [0, 0.1) is 5.92 Å². The van der Waals surface area contributed by atoms with E-state index in [9.17, 15) is 9.59 Å². The highest BCUT2D eigenvalue weighted by Gasteiger charge is 2.09. The predicted molar refractivity (Wildman–Crippen MR) is 47.3 cm³/mol. The van der Waals surface area contributed by atoms with E-state index in [-0.39, 0.29) is 11.9 Å². The van der Waals surface area contributed by atoms with Crippen LogP contribution in [0.15, 0.2) is 0 Å². The highest BCUT2D eigenvalue weighted by atomic mass is 16.5. The molecular formula is C9H16O4. The fourth-order valence-corrected chi connectivity index (χ4v) is 0.989. The first-order chi connectivity index (χ1) is 6.20. The van der Waals surface area contributed by atoms with E-state index in [4.69, 9.17) is 9.47 Å². The maximum absolute atomic E-state index is 10.5. The van der Waals surface area contributed by atoms with Crippen LogP contribution in [-0.4, -0.2) is 32.6 Å². The first-order valence-corrected chi connectivity index (χ1v) is 4.26. The van der Waals surface area contributed by atoms with Gasteiger partial charge in [0.05, 0.1) is 13.2 Å². The lowest BCUT2D eigenvalue weighted by atomic mass is 10.1. The van der Waals surface area contributed by atoms with Gasteiger partial charge in [-0.25, -0.2) is 0 Å². The fraction of sp³-hybridized carbons (Fsp3) is 0.778. The minimum Gasteiger partial charge on any atom is -0.465 e. The summed E-state index contributed by atoms with van der Waals surface area (Å²) >= 11 is 0. The molecule has 0 aromatic rings. The summed E-state index contributed by atoms with van der Waals surface area (Å²) < 4.78 is 9.74. The number of hydrogen-bond donors (Lipinski definition) is 0. The Morgan fingerprint density at radius 3 is 2.62 bits per heavy atom. The van der Waals surface area contributed by atoms with E-state index < -0.39 is 0 Å². The summed E-state index contributed by atoms with van der Waals surface area (Å²) in [4.78, 5) is 20.6. The molecule has 0 radical (unpaired) electrons. The van der Waals surface area contributed by atoms with Crippen molar-refractivity contribution in [1.29, 1.82) is 0 Å². The zero-order valence-electron chi connectivity index (χ0n) is 8.12. The average Bonchev–Trinajstić information content (AvgIpc) is 2.09. The highest BCUT2D eigenvalue weighted by Crippen LogP contribution is 2.06. The van der Waals surface area contributed by atoms with Crippen molar-refractivity contribution >= 4 is 12.3 Å². The lowest BCUT2D eigenvalue weighted by Gasteiger charge is -2.13. The molecule has 1 unspecified atom stereocenters. The second-order valence-corrected chi connectivity index (χ2v) is 2.87. The standard InChI is InChI=1S/C9H16O4/c1-8(11)13-7-9(6-12-2)4-3-5-10/h5,9H,3-4,6-7H2,1-2H3. The molecule has 0 aliphatic carbocycles. The van der Waals surface area contributed by atoms with E-state index in [0.717, 1.165) is 6.29 Å². The quantitative estimate of drug-likeness (QED) is 0.438. The van der Waals surface area contributed by atoms with E-state index in [1.807, 2.05) is 0 Å². The predicted octanol–water partition coefficient (Wildman–Crippen LogP) is 0.791. The zero-order valence-corrected chi connectivity index (χ0v) is 8.12. The van der Waals surface area contributed by atoms with Gasteiger partial charge in [0.15, 0.2) is 0 Å². The van der Waals surface area contributed by atoms with Gasteiger partial charge < -0.3 is 14.3 Å². The molecule has 0 rings (SSSR count). The van der Waals surface area contributed by atoms with E-state index in [0.29, 0.717) is 26.1 Å². The van der Waals surface area contributed by atoms with Gasteiger partial charge in [-0.2, -0.15) is 0 Å². The third-order valence-corrected chi connectivity index (χ3v) is 1.62. The van der Waals surface area contributed by atoms with Crippen LogP contribution in [0.4, 0.5) is 0 Å². The summed E-state index contributed by atoms with van der Waals surface area (Å²) in [6.45, 7) is 2.21. The number of methoxy groups -OCH3 is 1. The molecule has 0 bridgehead atoms. The molecule has 0 saturated heterocycles. The lowest BCUT2D eigenvalue weighted by Crippen LogP contribution is -2.17. The fourth-order valence-electron chi connectivity index (χ4n) is 0.989. The smallest absolute Gasteiger partial charge is 0.302 e. The second kappa shape index (κ2) is 7.73. The number of ether oxygens (including phenoxy) is 2. The van der Waals surface area contributed by atoms with Crippen LogP contribution >= 0.6 is 0 Å². The lowest BCUT2D eigenvalue weighted by molar-refractivity contribution is -0.142. The van der Waals surface area contributed by atoms with Gasteiger partial charge in [0.2, 0.25) is 0 Å². The Bertz CT molecular complexity index is 156. The van der Waals surface area contributed by atoms with Gasteiger partial charge in [-0.15, -0.1) is 0 Å². The molecule has 0 aromatic heterocycles. The van der Waals surface area contributed by atoms with Gasteiger partial charge >= 0.3 is 5.97 Å². The van der Waals surface area contributed by atoms with Gasteiger partial charge in [0, 0.05) is 26.4 Å². The minimum atomic E-state index is -0.299. The molecule has 4 heteroatoms. The molecule has 4 nitrogen and oxygen atoms in total. The van der Waals surface area contributed by atoms with Crippen molar-refractivity contribution in [1.82, 2.24) is 0 Å². The van der Waals surface area contributed by atoms with Crippen molar-refractivity contribution in [3.05, 3.63) is 0 Å². The Kier molecular flexibility index (Phi) is 7.20. The van der Waals surface area contributed by atoms with E-state index in [2.05, 4.69) is 0 Å². The number of rotatable bonds is 7. The van der Waals surface area contributed by atoms with Crippen LogP contribution in [0.1, 0.15) is 19.8 Å². The van der Waals surface area contributed by atoms with Crippen LogP contribution in [0.3, 0.4) is 0 Å². The minimum absolute atomic E-state index is 0.124. The maximum atomic E-state index is 10.5. The molecule has 13 heavy (non-hydrogen) atoms. The van der Waals surface area contributed by atoms with Gasteiger partial charge in [-0.05, 0) is 6.42 Å². The van der Waals surface area contributed by atoms with Gasteiger partial charge in [-0.3, -0.25) is 4.79 Å². The summed E-state index contributed by atoms with van der Waals surface area (Å²) in [5.74, 6) is -0.175. The van der Waals surface area contributed by atoms with Crippen molar-refractivity contribution in [2.24, 2.45) is 5.92 Å². The number of carbonyl (C=O) groups excluding carboxylic acids is 2. The van der Waals surface area contributed by atoms with Crippen molar-refractivity contribution in [2.75, 3.05) is 20.3 Å². The monoisotopic (exact) mass is 188 g/mol. The Morgan fingerprint density at radius 2 is 2.15 bits per heavy atom. The molecule has 0 fully saturated rings. The molecule has 0 saturated carbocycles. The summed E-state index contributed by atoms with van der Waals surface area (Å²) in [6, 6.07) is 0. The normalized spacial score (nSPS) is 12.2. The Morgan fingerprint density at radius 1 is 1.46 bits per heavy atom. The van der Waals surface area contributed by atoms with Crippen LogP contribution in [-0.2, 0) is 19.1 Å². The first kappa shape index (κ1) is 12.1. The number of aldehydes is 1. The zero-order chi connectivity index (χ0) is 10.1. The van der Waals surface area contributed by atoms with Crippen LogP contribution in [0.2, 0.25) is 0 Å². The van der Waals surface area contributed by atoms with Crippen LogP contribution < -0.4 is 0 Å². The van der Waals surface area contributed by atoms with Gasteiger partial charge in [0.25, 0.3) is 0 Å². The molecule has 0 aromatic carbocycles. The maximum Gasteiger partial charge on any atom is 0.302 e. The topological polar surface area (TPSA) is 52.6 Å². The molecule has 0 aliphatic rings. The summed E-state index contributed by atoms with van der Waals surface area (Å²) in [5.41, 5.74) is 0. The summed E-state index contributed by atoms with van der Waals surface area (Å²) in [7, 11) is 1.58. The molecular weight excluding hydrogens is 172 g/mol. The molecule has 0 heterocycles. The molecule has 76 valence electrons. The number of hydrogen-bond acceptors (Lipinski definition) is 4. The highest BCUT2D eigenvalue weighted by molar-refractivity contribution is 5.65. The first-order valence-electron chi connectivity index (χ1n) is 4.26. The van der Waals surface area contributed by atoms with Crippen LogP contribution in [0.5, 0.6) is 0 Å². The molecule has 0 aliphatic heterocycles. The Labute approximate surface area is 78.2 Å². The van der Waals surface area contributed by atoms with Crippen molar-refractivity contribution in [3.63, 3.8) is 0 Å². The molecule has 1 atom stereocenters. The third-order valence-electron chi connectivity index (χ3n) is 1.62. The van der Waals surface area contributed by atoms with Crippen LogP contribution in [0.25, 0.3) is 0 Å². The SMILES string of the molecule is COCC(CCC=O)COC(C)=O. The molecule has 0 spiro atoms. The van der Waals surface area contributed by atoms with Crippen molar-refractivity contribution < 1.29 is 19.1 Å². The molecule has 0 N–H and O–H groups in total. The van der Waals surface area contributed by atoms with Crippen molar-refractivity contribution in [2.45, 2.75) is 19.8 Å².